The van der Waals surface area contributed by atoms with Gasteiger partial charge < -0.3 is 15.0 Å². The molecule has 3 unspecified atom stereocenters. The van der Waals surface area contributed by atoms with Crippen molar-refractivity contribution in [2.75, 3.05) is 13.2 Å². The Morgan fingerprint density at radius 3 is 2.89 bits per heavy atom. The third-order valence-electron chi connectivity index (χ3n) is 4.74. The summed E-state index contributed by atoms with van der Waals surface area (Å²) in [6.45, 7) is 3.72. The third-order valence-corrected chi connectivity index (χ3v) is 4.74. The molecule has 2 fully saturated rings. The number of hydrogen-bond donors (Lipinski definition) is 1. The van der Waals surface area contributed by atoms with Gasteiger partial charge in [-0.25, -0.2) is 0 Å². The molecule has 106 valence electrons. The van der Waals surface area contributed by atoms with Gasteiger partial charge in [-0.15, -0.1) is 0 Å². The second-order valence-corrected chi connectivity index (χ2v) is 6.14. The highest BCUT2D eigenvalue weighted by Crippen LogP contribution is 2.38. The minimum atomic E-state index is -0.154. The standard InChI is InChI=1S/C14H23N3O2/c1-14(7-3-2-6-11(14)15)13-16-12(17-19-13)10-5-4-8-18-9-10/h10-11H,2-9,15H2,1H3. The van der Waals surface area contributed by atoms with Gasteiger partial charge in [-0.05, 0) is 32.6 Å². The SMILES string of the molecule is CC1(c2nc(C3CCCOC3)no2)CCCCC1N. The minimum absolute atomic E-state index is 0.122. The van der Waals surface area contributed by atoms with E-state index in [0.29, 0.717) is 6.61 Å². The molecule has 2 N–H and O–H groups in total. The third kappa shape index (κ3) is 2.41. The second kappa shape index (κ2) is 5.21. The molecule has 0 aromatic carbocycles. The van der Waals surface area contributed by atoms with E-state index < -0.39 is 0 Å². The molecule has 5 heteroatoms. The summed E-state index contributed by atoms with van der Waals surface area (Å²) in [4.78, 5) is 4.64. The van der Waals surface area contributed by atoms with Gasteiger partial charge >= 0.3 is 0 Å². The van der Waals surface area contributed by atoms with Gasteiger partial charge in [-0.2, -0.15) is 4.98 Å². The highest BCUT2D eigenvalue weighted by molar-refractivity contribution is 5.11. The van der Waals surface area contributed by atoms with Gasteiger partial charge in [0.2, 0.25) is 5.89 Å². The van der Waals surface area contributed by atoms with Gasteiger partial charge in [0.05, 0.1) is 12.0 Å². The first kappa shape index (κ1) is 13.1. The van der Waals surface area contributed by atoms with Crippen molar-refractivity contribution >= 4 is 0 Å². The quantitative estimate of drug-likeness (QED) is 0.886. The lowest BCUT2D eigenvalue weighted by Crippen LogP contribution is -2.45. The van der Waals surface area contributed by atoms with Crippen molar-refractivity contribution in [2.45, 2.75) is 62.8 Å². The van der Waals surface area contributed by atoms with Crippen molar-refractivity contribution in [1.29, 1.82) is 0 Å². The Labute approximate surface area is 113 Å². The normalized spacial score (nSPS) is 36.3. The van der Waals surface area contributed by atoms with E-state index >= 15 is 0 Å². The first-order valence-electron chi connectivity index (χ1n) is 7.37. The molecule has 3 atom stereocenters. The highest BCUT2D eigenvalue weighted by atomic mass is 16.5. The largest absolute Gasteiger partial charge is 0.381 e. The molecule has 0 amide bonds. The summed E-state index contributed by atoms with van der Waals surface area (Å²) in [5.74, 6) is 1.81. The fraction of sp³-hybridized carbons (Fsp3) is 0.857. The van der Waals surface area contributed by atoms with Gasteiger partial charge in [-0.1, -0.05) is 18.0 Å². The Bertz CT molecular complexity index is 428. The van der Waals surface area contributed by atoms with E-state index in [4.69, 9.17) is 15.0 Å². The highest BCUT2D eigenvalue weighted by Gasteiger charge is 2.41. The molecule has 19 heavy (non-hydrogen) atoms. The lowest BCUT2D eigenvalue weighted by Gasteiger charge is -2.36. The molecule has 5 nitrogen and oxygen atoms in total. The van der Waals surface area contributed by atoms with Crippen LogP contribution < -0.4 is 5.73 Å². The molecule has 2 aliphatic rings. The van der Waals surface area contributed by atoms with E-state index in [1.807, 2.05) is 0 Å². The molecule has 1 aromatic rings. The van der Waals surface area contributed by atoms with Gasteiger partial charge in [0, 0.05) is 18.6 Å². The Morgan fingerprint density at radius 1 is 1.26 bits per heavy atom. The van der Waals surface area contributed by atoms with E-state index in [0.717, 1.165) is 44.0 Å². The molecule has 1 aliphatic carbocycles. The van der Waals surface area contributed by atoms with Crippen LogP contribution in [0.1, 0.15) is 63.1 Å². The zero-order valence-corrected chi connectivity index (χ0v) is 11.6. The lowest BCUT2D eigenvalue weighted by molar-refractivity contribution is 0.0773. The molecule has 0 spiro atoms. The van der Waals surface area contributed by atoms with Crippen LogP contribution in [0.5, 0.6) is 0 Å². The second-order valence-electron chi connectivity index (χ2n) is 6.14. The minimum Gasteiger partial charge on any atom is -0.381 e. The van der Waals surface area contributed by atoms with Gasteiger partial charge in [0.25, 0.3) is 0 Å². The number of nitrogens with zero attached hydrogens (tertiary/aromatic N) is 2. The van der Waals surface area contributed by atoms with Crippen molar-refractivity contribution in [3.8, 4) is 0 Å². The fourth-order valence-corrected chi connectivity index (χ4v) is 3.20. The van der Waals surface area contributed by atoms with Crippen molar-refractivity contribution in [1.82, 2.24) is 10.1 Å². The van der Waals surface area contributed by atoms with E-state index in [-0.39, 0.29) is 17.4 Å². The van der Waals surface area contributed by atoms with Gasteiger partial charge in [0.1, 0.15) is 0 Å². The van der Waals surface area contributed by atoms with Crippen LogP contribution in [0.3, 0.4) is 0 Å². The molecule has 0 bridgehead atoms. The van der Waals surface area contributed by atoms with Crippen LogP contribution >= 0.6 is 0 Å². The lowest BCUT2D eigenvalue weighted by atomic mass is 9.72. The number of nitrogens with two attached hydrogens (primary N) is 1. The molecule has 1 saturated heterocycles. The summed E-state index contributed by atoms with van der Waals surface area (Å²) in [6.07, 6.45) is 6.63. The Balaban J connectivity index is 1.79. The van der Waals surface area contributed by atoms with Gasteiger partial charge in [0.15, 0.2) is 5.82 Å². The van der Waals surface area contributed by atoms with E-state index in [1.165, 1.54) is 12.8 Å². The molecule has 2 heterocycles. The number of ether oxygens (including phenoxy) is 1. The summed E-state index contributed by atoms with van der Waals surface area (Å²) in [5.41, 5.74) is 6.13. The van der Waals surface area contributed by atoms with Crippen LogP contribution in [0.4, 0.5) is 0 Å². The average molecular weight is 265 g/mol. The van der Waals surface area contributed by atoms with Crippen molar-refractivity contribution in [3.05, 3.63) is 11.7 Å². The van der Waals surface area contributed by atoms with E-state index in [2.05, 4.69) is 17.1 Å². The smallest absolute Gasteiger partial charge is 0.234 e. The number of hydrogen-bond acceptors (Lipinski definition) is 5. The molecule has 1 aromatic heterocycles. The molecule has 0 radical (unpaired) electrons. The predicted octanol–water partition coefficient (Wildman–Crippen LogP) is 2.12. The molecular formula is C14H23N3O2. The van der Waals surface area contributed by atoms with Crippen molar-refractivity contribution < 1.29 is 9.26 Å². The number of aromatic nitrogens is 2. The van der Waals surface area contributed by atoms with Crippen LogP contribution in [0, 0.1) is 0 Å². The maximum atomic E-state index is 6.28. The predicted molar refractivity (Wildman–Crippen MR) is 70.9 cm³/mol. The number of rotatable bonds is 2. The Kier molecular flexibility index (Phi) is 3.58. The Morgan fingerprint density at radius 2 is 2.16 bits per heavy atom. The molecule has 1 saturated carbocycles. The Hall–Kier alpha value is -0.940. The summed E-state index contributed by atoms with van der Waals surface area (Å²) in [7, 11) is 0. The van der Waals surface area contributed by atoms with Crippen molar-refractivity contribution in [2.24, 2.45) is 5.73 Å². The summed E-state index contributed by atoms with van der Waals surface area (Å²) in [6, 6.07) is 0.122. The first-order chi connectivity index (χ1) is 9.20. The zero-order chi connectivity index (χ0) is 13.3. The average Bonchev–Trinajstić information content (AvgIpc) is 2.94. The van der Waals surface area contributed by atoms with Crippen LogP contribution in [0.25, 0.3) is 0 Å². The maximum absolute atomic E-state index is 6.28. The van der Waals surface area contributed by atoms with Crippen LogP contribution in [-0.2, 0) is 10.2 Å². The summed E-state index contributed by atoms with van der Waals surface area (Å²) < 4.78 is 11.0. The monoisotopic (exact) mass is 265 g/mol. The van der Waals surface area contributed by atoms with Crippen LogP contribution in [0.2, 0.25) is 0 Å². The molecular weight excluding hydrogens is 242 g/mol. The fourth-order valence-electron chi connectivity index (χ4n) is 3.20. The maximum Gasteiger partial charge on any atom is 0.234 e. The molecule has 3 rings (SSSR count). The van der Waals surface area contributed by atoms with Gasteiger partial charge in [-0.3, -0.25) is 0 Å². The first-order valence-corrected chi connectivity index (χ1v) is 7.37. The van der Waals surface area contributed by atoms with Crippen LogP contribution in [0.15, 0.2) is 4.52 Å². The summed E-state index contributed by atoms with van der Waals surface area (Å²) >= 11 is 0. The van der Waals surface area contributed by atoms with E-state index in [1.54, 1.807) is 0 Å². The van der Waals surface area contributed by atoms with E-state index in [9.17, 15) is 0 Å². The topological polar surface area (TPSA) is 74.2 Å². The summed E-state index contributed by atoms with van der Waals surface area (Å²) in [5, 5.41) is 4.17. The molecule has 1 aliphatic heterocycles. The van der Waals surface area contributed by atoms with Crippen LogP contribution in [-0.4, -0.2) is 29.4 Å². The van der Waals surface area contributed by atoms with Crippen molar-refractivity contribution in [3.63, 3.8) is 0 Å². The zero-order valence-electron chi connectivity index (χ0n) is 11.6.